The molecule has 4 nitrogen and oxygen atoms in total. The Hall–Kier alpha value is -3.31. The molecule has 3 aromatic rings. The molecule has 0 saturated carbocycles. The fourth-order valence-electron chi connectivity index (χ4n) is 2.69. The van der Waals surface area contributed by atoms with Gasteiger partial charge in [-0.1, -0.05) is 48.5 Å². The lowest BCUT2D eigenvalue weighted by atomic mass is 10.2. The minimum Gasteiger partial charge on any atom is -0.508 e. The summed E-state index contributed by atoms with van der Waals surface area (Å²) in [5, 5.41) is 10.1. The molecule has 0 bridgehead atoms. The van der Waals surface area contributed by atoms with Crippen LogP contribution in [0.2, 0.25) is 0 Å². The molecule has 132 valence electrons. The van der Waals surface area contributed by atoms with Crippen LogP contribution >= 0.6 is 11.8 Å². The molecule has 1 N–H and O–H groups in total. The van der Waals surface area contributed by atoms with Gasteiger partial charge in [0.1, 0.15) is 5.75 Å². The third-order valence-electron chi connectivity index (χ3n) is 3.99. The number of benzene rings is 3. The Balaban J connectivity index is 1.76. The van der Waals surface area contributed by atoms with Gasteiger partial charge in [0, 0.05) is 0 Å². The first-order valence-corrected chi connectivity index (χ1v) is 9.24. The van der Waals surface area contributed by atoms with Crippen molar-refractivity contribution in [3.63, 3.8) is 0 Å². The summed E-state index contributed by atoms with van der Waals surface area (Å²) < 4.78 is 0. The van der Waals surface area contributed by atoms with E-state index in [4.69, 9.17) is 0 Å². The molecule has 1 fully saturated rings. The predicted octanol–water partition coefficient (Wildman–Crippen LogP) is 5.20. The maximum Gasteiger partial charge on any atom is 0.271 e. The summed E-state index contributed by atoms with van der Waals surface area (Å²) in [6.45, 7) is 0. The lowest BCUT2D eigenvalue weighted by Crippen LogP contribution is -2.28. The van der Waals surface area contributed by atoms with Gasteiger partial charge in [0.15, 0.2) is 5.17 Å². The van der Waals surface area contributed by atoms with Crippen LogP contribution in [0.25, 0.3) is 6.08 Å². The van der Waals surface area contributed by atoms with Gasteiger partial charge < -0.3 is 5.11 Å². The zero-order valence-electron chi connectivity index (χ0n) is 14.3. The minimum absolute atomic E-state index is 0.117. The number of rotatable bonds is 3. The van der Waals surface area contributed by atoms with Gasteiger partial charge in [-0.25, -0.2) is 4.99 Å². The molecule has 4 rings (SSSR count). The van der Waals surface area contributed by atoms with E-state index >= 15 is 0 Å². The van der Waals surface area contributed by atoms with Crippen LogP contribution in [0, 0.1) is 0 Å². The molecule has 1 aliphatic rings. The second-order valence-electron chi connectivity index (χ2n) is 5.91. The van der Waals surface area contributed by atoms with Crippen LogP contribution in [0.4, 0.5) is 11.4 Å². The van der Waals surface area contributed by atoms with Gasteiger partial charge in [0.2, 0.25) is 0 Å². The van der Waals surface area contributed by atoms with Crippen molar-refractivity contribution in [3.05, 3.63) is 95.4 Å². The molecule has 3 aromatic carbocycles. The average Bonchev–Trinajstić information content (AvgIpc) is 3.00. The SMILES string of the molecule is O=C1/C(=C\c2ccc(O)cc2)S/C(=N\c2ccccc2)N1c1ccccc1. The van der Waals surface area contributed by atoms with Crippen molar-refractivity contribution in [1.82, 2.24) is 0 Å². The molecule has 1 aliphatic heterocycles. The lowest BCUT2D eigenvalue weighted by molar-refractivity contribution is -0.113. The van der Waals surface area contributed by atoms with Crippen LogP contribution in [0.3, 0.4) is 0 Å². The van der Waals surface area contributed by atoms with E-state index in [2.05, 4.69) is 4.99 Å². The number of aromatic hydroxyl groups is 1. The van der Waals surface area contributed by atoms with Crippen molar-refractivity contribution >= 4 is 40.3 Å². The van der Waals surface area contributed by atoms with Crippen LogP contribution in [-0.4, -0.2) is 16.2 Å². The Morgan fingerprint density at radius 1 is 0.852 bits per heavy atom. The number of carbonyl (C=O) groups excluding carboxylic acids is 1. The van der Waals surface area contributed by atoms with Crippen LogP contribution in [0.15, 0.2) is 94.8 Å². The van der Waals surface area contributed by atoms with Crippen molar-refractivity contribution in [2.45, 2.75) is 0 Å². The molecule has 0 aromatic heterocycles. The first-order chi connectivity index (χ1) is 13.2. The predicted molar refractivity (Wildman–Crippen MR) is 111 cm³/mol. The molecule has 5 heteroatoms. The number of hydrogen-bond acceptors (Lipinski definition) is 4. The molecule has 1 amide bonds. The standard InChI is InChI=1S/C22H16N2O2S/c25-19-13-11-16(12-14-19)15-20-21(26)24(18-9-5-2-6-10-18)22(27-20)23-17-7-3-1-4-8-17/h1-15,25H/b20-15+,23-22-. The Morgan fingerprint density at radius 3 is 2.15 bits per heavy atom. The van der Waals surface area contributed by atoms with E-state index in [9.17, 15) is 9.90 Å². The highest BCUT2D eigenvalue weighted by molar-refractivity contribution is 8.19. The lowest BCUT2D eigenvalue weighted by Gasteiger charge is -2.15. The number of aliphatic imine (C=N–C) groups is 1. The summed E-state index contributed by atoms with van der Waals surface area (Å²) in [7, 11) is 0. The van der Waals surface area contributed by atoms with Gasteiger partial charge in [-0.05, 0) is 59.8 Å². The Bertz CT molecular complexity index is 1010. The zero-order chi connectivity index (χ0) is 18.6. The number of carbonyl (C=O) groups is 1. The van der Waals surface area contributed by atoms with E-state index < -0.39 is 0 Å². The Labute approximate surface area is 161 Å². The van der Waals surface area contributed by atoms with Crippen molar-refractivity contribution < 1.29 is 9.90 Å². The fraction of sp³-hybridized carbons (Fsp3) is 0. The molecule has 1 saturated heterocycles. The summed E-state index contributed by atoms with van der Waals surface area (Å²) in [6, 6.07) is 25.8. The first kappa shape index (κ1) is 17.1. The summed E-state index contributed by atoms with van der Waals surface area (Å²) in [5.41, 5.74) is 2.41. The quantitative estimate of drug-likeness (QED) is 0.643. The number of para-hydroxylation sites is 2. The van der Waals surface area contributed by atoms with E-state index in [0.717, 1.165) is 16.9 Å². The highest BCUT2D eigenvalue weighted by Gasteiger charge is 2.34. The Morgan fingerprint density at radius 2 is 1.48 bits per heavy atom. The monoisotopic (exact) mass is 372 g/mol. The smallest absolute Gasteiger partial charge is 0.271 e. The van der Waals surface area contributed by atoms with Crippen LogP contribution < -0.4 is 4.90 Å². The second-order valence-corrected chi connectivity index (χ2v) is 6.92. The van der Waals surface area contributed by atoms with Crippen molar-refractivity contribution in [3.8, 4) is 5.75 Å². The number of phenols is 1. The van der Waals surface area contributed by atoms with E-state index in [0.29, 0.717) is 10.1 Å². The summed E-state index contributed by atoms with van der Waals surface area (Å²) in [6.07, 6.45) is 1.82. The van der Waals surface area contributed by atoms with Crippen LogP contribution in [-0.2, 0) is 4.79 Å². The molecule has 0 unspecified atom stereocenters. The number of hydrogen-bond donors (Lipinski definition) is 1. The average molecular weight is 372 g/mol. The topological polar surface area (TPSA) is 52.9 Å². The van der Waals surface area contributed by atoms with Gasteiger partial charge in [0.05, 0.1) is 16.3 Å². The molecule has 0 atom stereocenters. The van der Waals surface area contributed by atoms with Gasteiger partial charge in [0.25, 0.3) is 5.91 Å². The van der Waals surface area contributed by atoms with E-state index in [1.807, 2.05) is 66.7 Å². The normalized spacial score (nSPS) is 17.0. The molecular formula is C22H16N2O2S. The molecule has 0 spiro atoms. The highest BCUT2D eigenvalue weighted by atomic mass is 32.2. The molecule has 0 radical (unpaired) electrons. The maximum absolute atomic E-state index is 13.1. The van der Waals surface area contributed by atoms with E-state index in [1.54, 1.807) is 29.2 Å². The van der Waals surface area contributed by atoms with Crippen LogP contribution in [0.5, 0.6) is 5.75 Å². The van der Waals surface area contributed by atoms with E-state index in [1.165, 1.54) is 11.8 Å². The summed E-state index contributed by atoms with van der Waals surface area (Å²) >= 11 is 1.34. The van der Waals surface area contributed by atoms with E-state index in [-0.39, 0.29) is 11.7 Å². The number of anilines is 1. The molecule has 27 heavy (non-hydrogen) atoms. The fourth-order valence-corrected chi connectivity index (χ4v) is 3.69. The summed E-state index contributed by atoms with van der Waals surface area (Å²) in [5.74, 6) is 0.0775. The van der Waals surface area contributed by atoms with Crippen molar-refractivity contribution in [2.75, 3.05) is 4.90 Å². The maximum atomic E-state index is 13.1. The molecular weight excluding hydrogens is 356 g/mol. The first-order valence-electron chi connectivity index (χ1n) is 8.42. The van der Waals surface area contributed by atoms with Crippen LogP contribution in [0.1, 0.15) is 5.56 Å². The highest BCUT2D eigenvalue weighted by Crippen LogP contribution is 2.37. The number of amidine groups is 1. The minimum atomic E-state index is -0.117. The van der Waals surface area contributed by atoms with Gasteiger partial charge in [-0.15, -0.1) is 0 Å². The zero-order valence-corrected chi connectivity index (χ0v) is 15.1. The number of thioether (sulfide) groups is 1. The largest absolute Gasteiger partial charge is 0.508 e. The van der Waals surface area contributed by atoms with Gasteiger partial charge in [-0.3, -0.25) is 9.69 Å². The summed E-state index contributed by atoms with van der Waals surface area (Å²) in [4.78, 5) is 20.0. The third kappa shape index (κ3) is 3.78. The van der Waals surface area contributed by atoms with Gasteiger partial charge >= 0.3 is 0 Å². The molecule has 0 aliphatic carbocycles. The number of amides is 1. The van der Waals surface area contributed by atoms with Crippen molar-refractivity contribution in [2.24, 2.45) is 4.99 Å². The number of nitrogens with zero attached hydrogens (tertiary/aromatic N) is 2. The number of phenolic OH excluding ortho intramolecular Hbond substituents is 1. The second kappa shape index (κ2) is 7.51. The Kier molecular flexibility index (Phi) is 4.77. The van der Waals surface area contributed by atoms with Gasteiger partial charge in [-0.2, -0.15) is 0 Å². The third-order valence-corrected chi connectivity index (χ3v) is 4.96. The molecule has 1 heterocycles. The van der Waals surface area contributed by atoms with Crippen molar-refractivity contribution in [1.29, 1.82) is 0 Å².